The van der Waals surface area contributed by atoms with Crippen LogP contribution in [0.1, 0.15) is 50.2 Å². The van der Waals surface area contributed by atoms with Crippen molar-refractivity contribution in [1.29, 1.82) is 0 Å². The van der Waals surface area contributed by atoms with Gasteiger partial charge in [0.25, 0.3) is 10.1 Å². The summed E-state index contributed by atoms with van der Waals surface area (Å²) >= 11 is 0. The van der Waals surface area contributed by atoms with Gasteiger partial charge in [-0.05, 0) is 67.3 Å². The van der Waals surface area contributed by atoms with Gasteiger partial charge in [0, 0.05) is 31.9 Å². The smallest absolute Gasteiger partial charge is 0.345 e. The maximum Gasteiger partial charge on any atom is 0.345 e. The summed E-state index contributed by atoms with van der Waals surface area (Å²) in [7, 11) is -7.05. The number of ether oxygens (including phenoxy) is 2. The van der Waals surface area contributed by atoms with Crippen molar-refractivity contribution < 1.29 is 45.7 Å². The monoisotopic (exact) mass is 690 g/mol. The first kappa shape index (κ1) is 34.8. The third kappa shape index (κ3) is 8.47. The Bertz CT molecular complexity index is 2150. The molecule has 250 valence electrons. The molecule has 0 saturated carbocycles. The van der Waals surface area contributed by atoms with Gasteiger partial charge < -0.3 is 14.0 Å². The third-order valence-corrected chi connectivity index (χ3v) is 9.11. The molecule has 0 unspecified atom stereocenters. The van der Waals surface area contributed by atoms with E-state index in [1.54, 1.807) is 56.3 Å². The molecule has 0 aliphatic rings. The average Bonchev–Trinajstić information content (AvgIpc) is 3.02. The van der Waals surface area contributed by atoms with Crippen LogP contribution in [0.25, 0.3) is 21.8 Å². The fraction of sp³-hybridized carbons (Fsp3) is 0.250. The van der Waals surface area contributed by atoms with Gasteiger partial charge in [-0.15, -0.1) is 0 Å². The SMILES string of the molecule is Cc1cc(C(=O)OCc2ccccc2)cc(C)c1OC(=O)c1c2ccccc2[n+](CCCCS(=O)(=O)O)c2ccc(OP(C)(C)=O)cc12. The lowest BCUT2D eigenvalue weighted by Gasteiger charge is -2.16. The number of rotatable bonds is 12. The summed E-state index contributed by atoms with van der Waals surface area (Å²) in [5, 5.41) is 1.06. The highest BCUT2D eigenvalue weighted by Gasteiger charge is 2.27. The van der Waals surface area contributed by atoms with Crippen LogP contribution in [-0.4, -0.2) is 44.0 Å². The number of nitrogens with zero attached hydrogens (tertiary/aromatic N) is 1. The molecule has 0 atom stereocenters. The molecule has 0 radical (unpaired) electrons. The molecule has 48 heavy (non-hydrogen) atoms. The molecule has 0 fully saturated rings. The van der Waals surface area contributed by atoms with Gasteiger partial charge in [0.1, 0.15) is 24.7 Å². The predicted molar refractivity (Wildman–Crippen MR) is 184 cm³/mol. The van der Waals surface area contributed by atoms with E-state index < -0.39 is 29.4 Å². The van der Waals surface area contributed by atoms with Crippen LogP contribution in [0.5, 0.6) is 11.5 Å². The lowest BCUT2D eigenvalue weighted by atomic mass is 10.0. The lowest BCUT2D eigenvalue weighted by Crippen LogP contribution is -2.37. The van der Waals surface area contributed by atoms with Crippen molar-refractivity contribution in [2.75, 3.05) is 19.1 Å². The minimum atomic E-state index is -4.10. The summed E-state index contributed by atoms with van der Waals surface area (Å²) in [6.45, 7) is 7.00. The number of unbranched alkanes of at least 4 members (excludes halogenated alkanes) is 1. The van der Waals surface area contributed by atoms with E-state index in [-0.39, 0.29) is 24.3 Å². The molecule has 0 amide bonds. The first-order valence-corrected chi connectivity index (χ1v) is 19.5. The minimum Gasteiger partial charge on any atom is -0.457 e. The van der Waals surface area contributed by atoms with Crippen LogP contribution < -0.4 is 13.8 Å². The van der Waals surface area contributed by atoms with Gasteiger partial charge >= 0.3 is 11.9 Å². The Hall–Kier alpha value is -4.57. The molecule has 5 rings (SSSR count). The molecule has 4 aromatic carbocycles. The van der Waals surface area contributed by atoms with Crippen LogP contribution in [-0.2, 0) is 32.6 Å². The summed E-state index contributed by atoms with van der Waals surface area (Å²) < 4.78 is 63.6. The van der Waals surface area contributed by atoms with Crippen molar-refractivity contribution in [2.24, 2.45) is 0 Å². The fourth-order valence-electron chi connectivity index (χ4n) is 5.65. The second-order valence-electron chi connectivity index (χ2n) is 11.9. The number of aryl methyl sites for hydroxylation is 3. The highest BCUT2D eigenvalue weighted by Crippen LogP contribution is 2.40. The fourth-order valence-corrected chi connectivity index (χ4v) is 6.84. The number of carbonyl (C=O) groups is 2. The molecular weight excluding hydrogens is 653 g/mol. The number of pyridine rings is 1. The third-order valence-electron chi connectivity index (χ3n) is 7.66. The molecule has 0 saturated heterocycles. The summed E-state index contributed by atoms with van der Waals surface area (Å²) in [5.41, 5.74) is 3.93. The van der Waals surface area contributed by atoms with Gasteiger partial charge in [0.15, 0.2) is 0 Å². The molecule has 0 aliphatic carbocycles. The zero-order valence-electron chi connectivity index (χ0n) is 27.1. The first-order valence-electron chi connectivity index (χ1n) is 15.3. The number of esters is 2. The Labute approximate surface area is 279 Å². The van der Waals surface area contributed by atoms with Crippen LogP contribution in [0.4, 0.5) is 0 Å². The van der Waals surface area contributed by atoms with E-state index in [9.17, 15) is 27.1 Å². The van der Waals surface area contributed by atoms with Crippen LogP contribution in [0.3, 0.4) is 0 Å². The number of para-hydroxylation sites is 1. The maximum absolute atomic E-state index is 14.2. The molecule has 1 aromatic heterocycles. The highest BCUT2D eigenvalue weighted by molar-refractivity contribution is 7.85. The van der Waals surface area contributed by atoms with Gasteiger partial charge in [-0.2, -0.15) is 13.0 Å². The average molecular weight is 691 g/mol. The zero-order valence-corrected chi connectivity index (χ0v) is 28.8. The molecule has 1 heterocycles. The highest BCUT2D eigenvalue weighted by atomic mass is 32.2. The molecule has 1 N–H and O–H groups in total. The van der Waals surface area contributed by atoms with Crippen molar-refractivity contribution in [1.82, 2.24) is 0 Å². The molecule has 0 aliphatic heterocycles. The predicted octanol–water partition coefficient (Wildman–Crippen LogP) is 7.06. The number of aromatic nitrogens is 1. The zero-order chi connectivity index (χ0) is 34.6. The van der Waals surface area contributed by atoms with Gasteiger partial charge in [-0.3, -0.25) is 9.12 Å². The molecule has 5 aromatic rings. The summed E-state index contributed by atoms with van der Waals surface area (Å²) in [4.78, 5) is 27.1. The Morgan fingerprint density at radius 1 is 0.812 bits per heavy atom. The molecule has 10 nitrogen and oxygen atoms in total. The van der Waals surface area contributed by atoms with E-state index in [1.807, 2.05) is 47.0 Å². The van der Waals surface area contributed by atoms with Crippen molar-refractivity contribution in [3.05, 3.63) is 113 Å². The summed E-state index contributed by atoms with van der Waals surface area (Å²) in [6, 6.07) is 25.0. The van der Waals surface area contributed by atoms with Crippen LogP contribution in [0, 0.1) is 13.8 Å². The Morgan fingerprint density at radius 3 is 2.12 bits per heavy atom. The maximum atomic E-state index is 14.2. The van der Waals surface area contributed by atoms with E-state index in [1.165, 1.54) is 13.3 Å². The van der Waals surface area contributed by atoms with Crippen LogP contribution >= 0.6 is 7.37 Å². The number of carbonyl (C=O) groups excluding carboxylic acids is 2. The quantitative estimate of drug-likeness (QED) is 0.0278. The second-order valence-corrected chi connectivity index (χ2v) is 16.2. The van der Waals surface area contributed by atoms with E-state index in [4.69, 9.17) is 14.0 Å². The van der Waals surface area contributed by atoms with E-state index in [0.29, 0.717) is 63.0 Å². The number of hydrogen-bond donors (Lipinski definition) is 1. The molecule has 12 heteroatoms. The molecule has 0 spiro atoms. The van der Waals surface area contributed by atoms with Crippen molar-refractivity contribution >= 4 is 51.2 Å². The Kier molecular flexibility index (Phi) is 10.3. The van der Waals surface area contributed by atoms with E-state index in [0.717, 1.165) is 5.56 Å². The Morgan fingerprint density at radius 2 is 1.46 bits per heavy atom. The van der Waals surface area contributed by atoms with Gasteiger partial charge in [0.2, 0.25) is 18.4 Å². The Balaban J connectivity index is 1.53. The van der Waals surface area contributed by atoms with Crippen molar-refractivity contribution in [2.45, 2.75) is 39.8 Å². The molecular formula is C36H37NO9PS+. The largest absolute Gasteiger partial charge is 0.457 e. The van der Waals surface area contributed by atoms with Crippen LogP contribution in [0.15, 0.2) is 84.9 Å². The minimum absolute atomic E-state index is 0.125. The van der Waals surface area contributed by atoms with Crippen LogP contribution in [0.2, 0.25) is 0 Å². The van der Waals surface area contributed by atoms with Crippen molar-refractivity contribution in [3.63, 3.8) is 0 Å². The normalized spacial score (nSPS) is 11.9. The molecule has 0 bridgehead atoms. The lowest BCUT2D eigenvalue weighted by molar-refractivity contribution is -0.645. The standard InChI is InChI=1S/C36H36NO9PS/c1-24-20-27(35(38)44-23-26-12-6-5-7-13-26)21-25(2)34(24)45-36(39)33-29-14-8-9-15-31(29)37(18-10-11-19-48(41,42)43)32-17-16-28(22-30(32)33)46-47(3,4)40/h5-9,12-17,20-22H,10-11,18-19,23H2,1-4H3/p+1. The van der Waals surface area contributed by atoms with Crippen molar-refractivity contribution in [3.8, 4) is 11.5 Å². The topological polar surface area (TPSA) is 137 Å². The second kappa shape index (κ2) is 14.3. The van der Waals surface area contributed by atoms with Gasteiger partial charge in [-0.25, -0.2) is 9.59 Å². The number of hydrogen-bond acceptors (Lipinski definition) is 8. The van der Waals surface area contributed by atoms with E-state index in [2.05, 4.69) is 0 Å². The summed E-state index contributed by atoms with van der Waals surface area (Å²) in [5.74, 6) is -0.896. The first-order chi connectivity index (χ1) is 22.7. The number of fused-ring (bicyclic) bond motifs is 2. The van der Waals surface area contributed by atoms with E-state index >= 15 is 0 Å². The van der Waals surface area contributed by atoms with Gasteiger partial charge in [0.05, 0.1) is 27.7 Å². The van der Waals surface area contributed by atoms with Gasteiger partial charge in [-0.1, -0.05) is 42.5 Å². The summed E-state index contributed by atoms with van der Waals surface area (Å²) in [6.07, 6.45) is 0.666. The number of benzene rings is 4.